The molecule has 0 saturated carbocycles. The average Bonchev–Trinajstić information content (AvgIpc) is 2.43. The maximum Gasteiger partial charge on any atom is 0.232 e. The molecule has 3 nitrogen and oxygen atoms in total. The topological polar surface area (TPSA) is 32.3 Å². The molecular weight excluding hydrogens is 244 g/mol. The lowest BCUT2D eigenvalue weighted by Gasteiger charge is -2.27. The van der Waals surface area contributed by atoms with Crippen LogP contribution in [0.1, 0.15) is 13.8 Å². The van der Waals surface area contributed by atoms with Crippen LogP contribution in [0.4, 0.5) is 5.69 Å². The first kappa shape index (κ1) is 14.9. The van der Waals surface area contributed by atoms with E-state index in [1.54, 1.807) is 11.8 Å². The van der Waals surface area contributed by atoms with Crippen molar-refractivity contribution < 1.29 is 4.79 Å². The van der Waals surface area contributed by atoms with Crippen LogP contribution in [0.2, 0.25) is 0 Å². The average molecular weight is 266 g/mol. The first-order valence-corrected chi connectivity index (χ1v) is 7.43. The van der Waals surface area contributed by atoms with E-state index >= 15 is 0 Å². The quantitative estimate of drug-likeness (QED) is 0.858. The number of carbonyl (C=O) groups excluding carboxylic acids is 1. The third-order valence-corrected chi connectivity index (χ3v) is 4.04. The third kappa shape index (κ3) is 4.26. The zero-order valence-electron chi connectivity index (χ0n) is 11.5. The van der Waals surface area contributed by atoms with Gasteiger partial charge in [-0.05, 0) is 32.2 Å². The number of carbonyl (C=O) groups is 1. The molecule has 0 aliphatic carbocycles. The van der Waals surface area contributed by atoms with E-state index in [9.17, 15) is 4.79 Å². The Morgan fingerprint density at radius 3 is 2.50 bits per heavy atom. The van der Waals surface area contributed by atoms with Crippen molar-refractivity contribution in [2.75, 3.05) is 24.7 Å². The SMILES string of the molecule is CSC(C)C(=O)NCC(C)N(C)c1ccccc1. The lowest BCUT2D eigenvalue weighted by Crippen LogP contribution is -2.42. The van der Waals surface area contributed by atoms with E-state index in [-0.39, 0.29) is 17.2 Å². The molecule has 4 heteroatoms. The minimum atomic E-state index is 0.0132. The van der Waals surface area contributed by atoms with Crippen LogP contribution in [0.3, 0.4) is 0 Å². The highest BCUT2D eigenvalue weighted by Gasteiger charge is 2.14. The molecule has 1 aromatic carbocycles. The molecule has 2 atom stereocenters. The Kier molecular flexibility index (Phi) is 6.05. The van der Waals surface area contributed by atoms with Gasteiger partial charge in [-0.1, -0.05) is 18.2 Å². The maximum atomic E-state index is 11.7. The van der Waals surface area contributed by atoms with E-state index in [1.807, 2.05) is 38.4 Å². The zero-order valence-corrected chi connectivity index (χ0v) is 12.3. The molecule has 2 unspecified atom stereocenters. The van der Waals surface area contributed by atoms with Gasteiger partial charge in [-0.25, -0.2) is 0 Å². The van der Waals surface area contributed by atoms with E-state index in [2.05, 4.69) is 29.3 Å². The van der Waals surface area contributed by atoms with Gasteiger partial charge in [0.2, 0.25) is 5.91 Å². The normalized spacial score (nSPS) is 13.8. The minimum Gasteiger partial charge on any atom is -0.370 e. The van der Waals surface area contributed by atoms with Crippen LogP contribution in [-0.4, -0.2) is 37.0 Å². The van der Waals surface area contributed by atoms with Crippen molar-refractivity contribution in [1.82, 2.24) is 5.32 Å². The monoisotopic (exact) mass is 266 g/mol. The summed E-state index contributed by atoms with van der Waals surface area (Å²) in [5.74, 6) is 0.107. The number of likely N-dealkylation sites (N-methyl/N-ethyl adjacent to an activating group) is 1. The minimum absolute atomic E-state index is 0.0132. The van der Waals surface area contributed by atoms with Gasteiger partial charge in [0.1, 0.15) is 0 Å². The number of nitrogens with zero attached hydrogens (tertiary/aromatic N) is 1. The van der Waals surface area contributed by atoms with Gasteiger partial charge in [0.05, 0.1) is 5.25 Å². The number of amides is 1. The fourth-order valence-electron chi connectivity index (χ4n) is 1.55. The fraction of sp³-hybridized carbons (Fsp3) is 0.500. The van der Waals surface area contributed by atoms with Gasteiger partial charge >= 0.3 is 0 Å². The number of anilines is 1. The molecule has 18 heavy (non-hydrogen) atoms. The Bertz CT molecular complexity index is 369. The number of nitrogens with one attached hydrogen (secondary N) is 1. The van der Waals surface area contributed by atoms with E-state index in [1.165, 1.54) is 0 Å². The maximum absolute atomic E-state index is 11.7. The lowest BCUT2D eigenvalue weighted by molar-refractivity contribution is -0.120. The van der Waals surface area contributed by atoms with Crippen LogP contribution < -0.4 is 10.2 Å². The number of thioether (sulfide) groups is 1. The summed E-state index contributed by atoms with van der Waals surface area (Å²) in [5.41, 5.74) is 1.16. The van der Waals surface area contributed by atoms with Gasteiger partial charge in [-0.2, -0.15) is 11.8 Å². The predicted molar refractivity (Wildman–Crippen MR) is 80.3 cm³/mol. The van der Waals surface area contributed by atoms with Crippen molar-refractivity contribution in [1.29, 1.82) is 0 Å². The predicted octanol–water partition coefficient (Wildman–Crippen LogP) is 2.38. The molecule has 0 spiro atoms. The number of rotatable bonds is 6. The van der Waals surface area contributed by atoms with Crippen LogP contribution in [-0.2, 0) is 4.79 Å². The second-order valence-electron chi connectivity index (χ2n) is 4.42. The standard InChI is InChI=1S/C14H22N2OS/c1-11(10-15-14(17)12(2)18-4)16(3)13-8-6-5-7-9-13/h5-9,11-12H,10H2,1-4H3,(H,15,17). The Morgan fingerprint density at radius 1 is 1.33 bits per heavy atom. The van der Waals surface area contributed by atoms with Gasteiger partial charge in [0, 0.05) is 25.3 Å². The van der Waals surface area contributed by atoms with Gasteiger partial charge in [0.15, 0.2) is 0 Å². The third-order valence-electron chi connectivity index (χ3n) is 3.12. The lowest BCUT2D eigenvalue weighted by atomic mass is 10.2. The Labute approximate surface area is 114 Å². The number of benzene rings is 1. The largest absolute Gasteiger partial charge is 0.370 e. The summed E-state index contributed by atoms with van der Waals surface area (Å²) in [5, 5.41) is 3.00. The Morgan fingerprint density at radius 2 is 1.94 bits per heavy atom. The van der Waals surface area contributed by atoms with E-state index in [4.69, 9.17) is 0 Å². The second-order valence-corrected chi connectivity index (χ2v) is 5.60. The van der Waals surface area contributed by atoms with Crippen molar-refractivity contribution in [3.63, 3.8) is 0 Å². The molecule has 0 bridgehead atoms. The summed E-state index contributed by atoms with van der Waals surface area (Å²) in [6, 6.07) is 10.5. The highest BCUT2D eigenvalue weighted by atomic mass is 32.2. The highest BCUT2D eigenvalue weighted by molar-refractivity contribution is 7.99. The molecule has 0 aliphatic rings. The van der Waals surface area contributed by atoms with Gasteiger partial charge in [0.25, 0.3) is 0 Å². The number of hydrogen-bond acceptors (Lipinski definition) is 3. The first-order valence-electron chi connectivity index (χ1n) is 6.14. The van der Waals surface area contributed by atoms with Crippen LogP contribution in [0.5, 0.6) is 0 Å². The fourth-order valence-corrected chi connectivity index (χ4v) is 1.85. The summed E-state index contributed by atoms with van der Waals surface area (Å²) in [6.45, 7) is 4.69. The summed E-state index contributed by atoms with van der Waals surface area (Å²) in [4.78, 5) is 13.9. The van der Waals surface area contributed by atoms with Gasteiger partial charge in [-0.3, -0.25) is 4.79 Å². The molecular formula is C14H22N2OS. The molecule has 0 aromatic heterocycles. The van der Waals surface area contributed by atoms with Crippen molar-refractivity contribution in [2.24, 2.45) is 0 Å². The summed E-state index contributed by atoms with van der Waals surface area (Å²) in [6.07, 6.45) is 1.95. The summed E-state index contributed by atoms with van der Waals surface area (Å²) >= 11 is 1.56. The first-order chi connectivity index (χ1) is 8.56. The van der Waals surface area contributed by atoms with E-state index in [0.717, 1.165) is 5.69 Å². The summed E-state index contributed by atoms with van der Waals surface area (Å²) < 4.78 is 0. The number of hydrogen-bond donors (Lipinski definition) is 1. The Hall–Kier alpha value is -1.16. The smallest absolute Gasteiger partial charge is 0.232 e. The van der Waals surface area contributed by atoms with Crippen molar-refractivity contribution in [2.45, 2.75) is 25.1 Å². The molecule has 1 N–H and O–H groups in total. The molecule has 0 aliphatic heterocycles. The van der Waals surface area contributed by atoms with Crippen LogP contribution in [0, 0.1) is 0 Å². The van der Waals surface area contributed by atoms with Crippen LogP contribution >= 0.6 is 11.8 Å². The summed E-state index contributed by atoms with van der Waals surface area (Å²) in [7, 11) is 2.05. The molecule has 1 amide bonds. The second kappa shape index (κ2) is 7.31. The molecule has 1 rings (SSSR count). The number of para-hydroxylation sites is 1. The molecule has 0 saturated heterocycles. The van der Waals surface area contributed by atoms with Crippen molar-refractivity contribution in [3.05, 3.63) is 30.3 Å². The molecule has 0 fully saturated rings. The molecule has 1 aromatic rings. The van der Waals surface area contributed by atoms with Gasteiger partial charge in [-0.15, -0.1) is 0 Å². The Balaban J connectivity index is 2.46. The van der Waals surface area contributed by atoms with Crippen LogP contribution in [0.25, 0.3) is 0 Å². The molecule has 0 heterocycles. The molecule has 0 radical (unpaired) electrons. The van der Waals surface area contributed by atoms with Crippen LogP contribution in [0.15, 0.2) is 30.3 Å². The molecule has 100 valence electrons. The van der Waals surface area contributed by atoms with Gasteiger partial charge < -0.3 is 10.2 Å². The van der Waals surface area contributed by atoms with Crippen molar-refractivity contribution >= 4 is 23.4 Å². The zero-order chi connectivity index (χ0) is 13.5. The van der Waals surface area contributed by atoms with E-state index < -0.39 is 0 Å². The van der Waals surface area contributed by atoms with Crippen molar-refractivity contribution in [3.8, 4) is 0 Å². The van der Waals surface area contributed by atoms with E-state index in [0.29, 0.717) is 6.54 Å². The highest BCUT2D eigenvalue weighted by Crippen LogP contribution is 2.13.